The van der Waals surface area contributed by atoms with Crippen LogP contribution in [0.2, 0.25) is 0 Å². The van der Waals surface area contributed by atoms with Crippen molar-refractivity contribution in [2.45, 2.75) is 63.8 Å². The summed E-state index contributed by atoms with van der Waals surface area (Å²) < 4.78 is 0. The zero-order valence-corrected chi connectivity index (χ0v) is 16.1. The van der Waals surface area contributed by atoms with Crippen LogP contribution in [-0.4, -0.2) is 37.6 Å². The monoisotopic (exact) mass is 372 g/mol. The van der Waals surface area contributed by atoms with E-state index in [4.69, 9.17) is 0 Å². The highest BCUT2D eigenvalue weighted by Gasteiger charge is 2.17. The molecule has 1 heterocycles. The molecule has 0 unspecified atom stereocenters. The maximum Gasteiger partial charge on any atom is 0.315 e. The predicted molar refractivity (Wildman–Crippen MR) is 109 cm³/mol. The van der Waals surface area contributed by atoms with E-state index in [0.29, 0.717) is 0 Å². The maximum absolute atomic E-state index is 12.3. The van der Waals surface area contributed by atoms with Crippen LogP contribution in [0, 0.1) is 0 Å². The number of carbonyl (C=O) groups is 2. The molecule has 0 bridgehead atoms. The van der Waals surface area contributed by atoms with Gasteiger partial charge < -0.3 is 20.9 Å². The Bertz CT molecular complexity index is 620. The van der Waals surface area contributed by atoms with E-state index in [0.717, 1.165) is 37.3 Å². The number of nitrogens with one attached hydrogen (secondary N) is 3. The number of urea groups is 1. The summed E-state index contributed by atoms with van der Waals surface area (Å²) in [6, 6.07) is 7.92. The topological polar surface area (TPSA) is 73.5 Å². The molecule has 2 fully saturated rings. The normalized spacial score (nSPS) is 18.4. The Kier molecular flexibility index (Phi) is 7.36. The van der Waals surface area contributed by atoms with Crippen molar-refractivity contribution >= 4 is 23.3 Å². The third kappa shape index (κ3) is 6.15. The van der Waals surface area contributed by atoms with Crippen LogP contribution in [0.5, 0.6) is 0 Å². The Morgan fingerprint density at radius 2 is 1.59 bits per heavy atom. The van der Waals surface area contributed by atoms with Gasteiger partial charge in [-0.2, -0.15) is 0 Å². The average Bonchev–Trinajstić information content (AvgIpc) is 2.97. The van der Waals surface area contributed by atoms with E-state index in [1.165, 1.54) is 44.9 Å². The molecule has 6 heteroatoms. The molecule has 1 aromatic carbocycles. The van der Waals surface area contributed by atoms with E-state index in [1.807, 2.05) is 18.2 Å². The summed E-state index contributed by atoms with van der Waals surface area (Å²) in [7, 11) is 0. The molecule has 2 aliphatic rings. The van der Waals surface area contributed by atoms with Gasteiger partial charge in [0.1, 0.15) is 0 Å². The molecule has 3 amide bonds. The smallest absolute Gasteiger partial charge is 0.315 e. The molecule has 6 nitrogen and oxygen atoms in total. The van der Waals surface area contributed by atoms with Gasteiger partial charge in [-0.1, -0.05) is 44.2 Å². The van der Waals surface area contributed by atoms with Crippen molar-refractivity contribution in [2.24, 2.45) is 0 Å². The van der Waals surface area contributed by atoms with Crippen molar-refractivity contribution < 1.29 is 9.59 Å². The molecular formula is C21H32N4O2. The summed E-state index contributed by atoms with van der Waals surface area (Å²) in [5, 5.41) is 8.62. The molecule has 3 N–H and O–H groups in total. The number of benzene rings is 1. The van der Waals surface area contributed by atoms with E-state index < -0.39 is 0 Å². The minimum Gasteiger partial charge on any atom is -0.370 e. The van der Waals surface area contributed by atoms with Gasteiger partial charge in [-0.15, -0.1) is 0 Å². The van der Waals surface area contributed by atoms with Gasteiger partial charge in [0.05, 0.1) is 17.9 Å². The van der Waals surface area contributed by atoms with Crippen molar-refractivity contribution in [2.75, 3.05) is 29.9 Å². The number of carbonyl (C=O) groups excluding carboxylic acids is 2. The average molecular weight is 373 g/mol. The Labute approximate surface area is 162 Å². The summed E-state index contributed by atoms with van der Waals surface area (Å²) in [4.78, 5) is 26.7. The van der Waals surface area contributed by atoms with Crippen LogP contribution in [0.3, 0.4) is 0 Å². The van der Waals surface area contributed by atoms with Gasteiger partial charge >= 0.3 is 6.03 Å². The fraction of sp³-hybridized carbons (Fsp3) is 0.619. The molecule has 1 saturated carbocycles. The number of anilines is 2. The first-order valence-electron chi connectivity index (χ1n) is 10.4. The lowest BCUT2D eigenvalue weighted by Gasteiger charge is -2.25. The van der Waals surface area contributed by atoms with E-state index >= 15 is 0 Å². The van der Waals surface area contributed by atoms with Gasteiger partial charge in [-0.25, -0.2) is 4.79 Å². The first-order chi connectivity index (χ1) is 13.2. The van der Waals surface area contributed by atoms with Gasteiger partial charge in [0.15, 0.2) is 0 Å². The number of hydrogen-bond donors (Lipinski definition) is 3. The summed E-state index contributed by atoms with van der Waals surface area (Å²) >= 11 is 0. The van der Waals surface area contributed by atoms with E-state index in [1.54, 1.807) is 0 Å². The molecule has 0 aromatic heterocycles. The lowest BCUT2D eigenvalue weighted by molar-refractivity contribution is -0.115. The highest BCUT2D eigenvalue weighted by atomic mass is 16.2. The zero-order chi connectivity index (χ0) is 18.9. The molecule has 3 rings (SSSR count). The van der Waals surface area contributed by atoms with Crippen LogP contribution in [0.4, 0.5) is 16.2 Å². The van der Waals surface area contributed by atoms with E-state index in [2.05, 4.69) is 26.9 Å². The molecule has 1 aromatic rings. The van der Waals surface area contributed by atoms with Gasteiger partial charge in [0.2, 0.25) is 5.91 Å². The fourth-order valence-corrected chi connectivity index (χ4v) is 4.00. The Morgan fingerprint density at radius 3 is 2.33 bits per heavy atom. The van der Waals surface area contributed by atoms with Crippen molar-refractivity contribution in [1.82, 2.24) is 10.6 Å². The first kappa shape index (κ1) is 19.5. The van der Waals surface area contributed by atoms with Crippen molar-refractivity contribution in [1.29, 1.82) is 0 Å². The van der Waals surface area contributed by atoms with Crippen molar-refractivity contribution in [3.63, 3.8) is 0 Å². The van der Waals surface area contributed by atoms with Gasteiger partial charge in [-0.3, -0.25) is 4.79 Å². The third-order valence-corrected chi connectivity index (χ3v) is 5.47. The highest BCUT2D eigenvalue weighted by molar-refractivity contribution is 5.97. The summed E-state index contributed by atoms with van der Waals surface area (Å²) in [6.45, 7) is 2.02. The molecule has 1 aliphatic carbocycles. The maximum atomic E-state index is 12.3. The van der Waals surface area contributed by atoms with Gasteiger partial charge in [0.25, 0.3) is 0 Å². The second-order valence-electron chi connectivity index (χ2n) is 7.63. The summed E-state index contributed by atoms with van der Waals surface area (Å²) in [5.74, 6) is -0.198. The van der Waals surface area contributed by atoms with Crippen LogP contribution in [-0.2, 0) is 4.79 Å². The quantitative estimate of drug-likeness (QED) is 0.739. The standard InChI is InChI=1S/C21H32N4O2/c26-20(16-22-21(27)23-17-10-4-3-5-11-17)24-18-12-6-7-13-19(18)25-14-8-1-2-9-15-25/h6-7,12-13,17H,1-5,8-11,14-16H2,(H,24,26)(H2,22,23,27). The number of nitrogens with zero attached hydrogens (tertiary/aromatic N) is 1. The van der Waals surface area contributed by atoms with E-state index in [9.17, 15) is 9.59 Å². The number of hydrogen-bond acceptors (Lipinski definition) is 3. The highest BCUT2D eigenvalue weighted by Crippen LogP contribution is 2.27. The first-order valence-corrected chi connectivity index (χ1v) is 10.4. The van der Waals surface area contributed by atoms with Crippen LogP contribution < -0.4 is 20.9 Å². The Balaban J connectivity index is 1.49. The van der Waals surface area contributed by atoms with Crippen LogP contribution in [0.15, 0.2) is 24.3 Å². The minimum absolute atomic E-state index is 0.0209. The zero-order valence-electron chi connectivity index (χ0n) is 16.1. The molecule has 1 saturated heterocycles. The van der Waals surface area contributed by atoms with Crippen molar-refractivity contribution in [3.05, 3.63) is 24.3 Å². The molecule has 148 valence electrons. The molecule has 1 aliphatic heterocycles. The molecule has 0 radical (unpaired) electrons. The molecule has 0 atom stereocenters. The van der Waals surface area contributed by atoms with Gasteiger partial charge in [-0.05, 0) is 37.8 Å². The van der Waals surface area contributed by atoms with E-state index in [-0.39, 0.29) is 24.5 Å². The number of rotatable bonds is 5. The summed E-state index contributed by atoms with van der Waals surface area (Å²) in [6.07, 6.45) is 10.5. The van der Waals surface area contributed by atoms with Gasteiger partial charge in [0, 0.05) is 19.1 Å². The van der Waals surface area contributed by atoms with Crippen LogP contribution in [0.1, 0.15) is 57.8 Å². The predicted octanol–water partition coefficient (Wildman–Crippen LogP) is 3.64. The van der Waals surface area contributed by atoms with Crippen LogP contribution in [0.25, 0.3) is 0 Å². The SMILES string of the molecule is O=C(CNC(=O)NC1CCCCC1)Nc1ccccc1N1CCCCCC1. The number of para-hydroxylation sites is 2. The minimum atomic E-state index is -0.252. The Morgan fingerprint density at radius 1 is 0.926 bits per heavy atom. The molecule has 27 heavy (non-hydrogen) atoms. The molecular weight excluding hydrogens is 340 g/mol. The third-order valence-electron chi connectivity index (χ3n) is 5.47. The molecule has 0 spiro atoms. The van der Waals surface area contributed by atoms with Crippen molar-refractivity contribution in [3.8, 4) is 0 Å². The largest absolute Gasteiger partial charge is 0.370 e. The number of amides is 3. The summed E-state index contributed by atoms with van der Waals surface area (Å²) in [5.41, 5.74) is 1.89. The lowest BCUT2D eigenvalue weighted by Crippen LogP contribution is -2.45. The Hall–Kier alpha value is -2.24. The lowest BCUT2D eigenvalue weighted by atomic mass is 9.96. The second-order valence-corrected chi connectivity index (χ2v) is 7.63. The van der Waals surface area contributed by atoms with Crippen LogP contribution >= 0.6 is 0 Å². The second kappa shape index (κ2) is 10.2. The fourth-order valence-electron chi connectivity index (χ4n) is 4.00.